The summed E-state index contributed by atoms with van der Waals surface area (Å²) in [6, 6.07) is 1.70. The molecule has 112 valence electrons. The van der Waals surface area contributed by atoms with Crippen molar-refractivity contribution in [3.63, 3.8) is 0 Å². The fourth-order valence-electron chi connectivity index (χ4n) is 1.78. The van der Waals surface area contributed by atoms with Crippen molar-refractivity contribution in [1.82, 2.24) is 14.9 Å². The number of likely N-dealkylation sites (N-methyl/N-ethyl adjacent to an activating group) is 1. The van der Waals surface area contributed by atoms with Crippen molar-refractivity contribution in [1.29, 1.82) is 0 Å². The van der Waals surface area contributed by atoms with Crippen molar-refractivity contribution < 1.29 is 5.21 Å². The second-order valence-electron chi connectivity index (χ2n) is 4.97. The zero-order chi connectivity index (χ0) is 15.1. The number of oxime groups is 1. The van der Waals surface area contributed by atoms with Crippen LogP contribution in [0.5, 0.6) is 0 Å². The molecule has 0 bridgehead atoms. The highest BCUT2D eigenvalue weighted by atomic mass is 16.4. The SMILES string of the molecule is CCCN(CCN(C)C)c1nc(C)cc(/C(N)=N/O)n1. The van der Waals surface area contributed by atoms with E-state index < -0.39 is 0 Å². The predicted octanol–water partition coefficient (Wildman–Crippen LogP) is 0.658. The third kappa shape index (κ3) is 4.65. The van der Waals surface area contributed by atoms with Gasteiger partial charge in [-0.2, -0.15) is 0 Å². The number of aromatic nitrogens is 2. The first-order chi connectivity index (χ1) is 9.47. The van der Waals surface area contributed by atoms with Gasteiger partial charge in [0.15, 0.2) is 5.84 Å². The van der Waals surface area contributed by atoms with E-state index in [1.807, 2.05) is 21.0 Å². The Morgan fingerprint density at radius 3 is 2.55 bits per heavy atom. The average Bonchev–Trinajstić information content (AvgIpc) is 2.41. The molecule has 1 rings (SSSR count). The van der Waals surface area contributed by atoms with E-state index >= 15 is 0 Å². The molecule has 0 aromatic carbocycles. The number of nitrogens with zero attached hydrogens (tertiary/aromatic N) is 5. The highest BCUT2D eigenvalue weighted by Gasteiger charge is 2.12. The maximum absolute atomic E-state index is 8.77. The molecule has 0 aliphatic carbocycles. The molecule has 7 nitrogen and oxygen atoms in total. The van der Waals surface area contributed by atoms with Crippen LogP contribution in [0.1, 0.15) is 24.7 Å². The topological polar surface area (TPSA) is 90.9 Å². The Morgan fingerprint density at radius 1 is 1.30 bits per heavy atom. The second kappa shape index (κ2) is 7.64. The Kier molecular flexibility index (Phi) is 6.17. The molecular weight excluding hydrogens is 256 g/mol. The minimum atomic E-state index is 0.000748. The van der Waals surface area contributed by atoms with E-state index in [1.165, 1.54) is 0 Å². The van der Waals surface area contributed by atoms with Crippen molar-refractivity contribution in [2.75, 3.05) is 38.6 Å². The summed E-state index contributed by atoms with van der Waals surface area (Å²) in [7, 11) is 4.06. The molecule has 0 amide bonds. The maximum atomic E-state index is 8.77. The highest BCUT2D eigenvalue weighted by molar-refractivity contribution is 5.95. The smallest absolute Gasteiger partial charge is 0.226 e. The van der Waals surface area contributed by atoms with Gasteiger partial charge in [-0.25, -0.2) is 9.97 Å². The van der Waals surface area contributed by atoms with E-state index in [2.05, 4.69) is 31.8 Å². The summed E-state index contributed by atoms with van der Waals surface area (Å²) in [6.45, 7) is 6.60. The third-order valence-corrected chi connectivity index (χ3v) is 2.81. The minimum absolute atomic E-state index is 0.000748. The van der Waals surface area contributed by atoms with E-state index in [-0.39, 0.29) is 5.84 Å². The number of aryl methyl sites for hydroxylation is 1. The predicted molar refractivity (Wildman–Crippen MR) is 80.3 cm³/mol. The number of anilines is 1. The van der Waals surface area contributed by atoms with Crippen LogP contribution in [0.25, 0.3) is 0 Å². The Bertz CT molecular complexity index is 460. The number of rotatable bonds is 7. The molecule has 3 N–H and O–H groups in total. The van der Waals surface area contributed by atoms with Gasteiger partial charge in [-0.05, 0) is 33.5 Å². The summed E-state index contributed by atoms with van der Waals surface area (Å²) in [5, 5.41) is 11.8. The second-order valence-corrected chi connectivity index (χ2v) is 4.97. The Morgan fingerprint density at radius 2 is 2.00 bits per heavy atom. The highest BCUT2D eigenvalue weighted by Crippen LogP contribution is 2.11. The van der Waals surface area contributed by atoms with Gasteiger partial charge in [0.25, 0.3) is 0 Å². The zero-order valence-corrected chi connectivity index (χ0v) is 12.7. The summed E-state index contributed by atoms with van der Waals surface area (Å²) in [5.74, 6) is 0.621. The minimum Gasteiger partial charge on any atom is -0.409 e. The number of hydrogen-bond acceptors (Lipinski definition) is 6. The van der Waals surface area contributed by atoms with Gasteiger partial charge in [0.05, 0.1) is 0 Å². The lowest BCUT2D eigenvalue weighted by molar-refractivity contribution is 0.318. The summed E-state index contributed by atoms with van der Waals surface area (Å²) in [4.78, 5) is 13.1. The Labute approximate surface area is 120 Å². The lowest BCUT2D eigenvalue weighted by atomic mass is 10.3. The van der Waals surface area contributed by atoms with Crippen LogP contribution in [0.3, 0.4) is 0 Å². The first kappa shape index (κ1) is 16.2. The largest absolute Gasteiger partial charge is 0.409 e. The van der Waals surface area contributed by atoms with Crippen LogP contribution in [0.2, 0.25) is 0 Å². The monoisotopic (exact) mass is 280 g/mol. The number of nitrogens with two attached hydrogens (primary N) is 1. The molecule has 0 saturated carbocycles. The van der Waals surface area contributed by atoms with Crippen LogP contribution in [0.15, 0.2) is 11.2 Å². The van der Waals surface area contributed by atoms with Crippen molar-refractivity contribution in [2.45, 2.75) is 20.3 Å². The lowest BCUT2D eigenvalue weighted by Gasteiger charge is -2.24. The zero-order valence-electron chi connectivity index (χ0n) is 12.7. The first-order valence-electron chi connectivity index (χ1n) is 6.71. The molecule has 0 fully saturated rings. The van der Waals surface area contributed by atoms with Crippen molar-refractivity contribution >= 4 is 11.8 Å². The summed E-state index contributed by atoms with van der Waals surface area (Å²) < 4.78 is 0. The fourth-order valence-corrected chi connectivity index (χ4v) is 1.78. The molecule has 20 heavy (non-hydrogen) atoms. The third-order valence-electron chi connectivity index (χ3n) is 2.81. The van der Waals surface area contributed by atoms with Crippen molar-refractivity contribution in [3.8, 4) is 0 Å². The van der Waals surface area contributed by atoms with Crippen LogP contribution >= 0.6 is 0 Å². The van der Waals surface area contributed by atoms with Gasteiger partial charge in [0.1, 0.15) is 5.69 Å². The van der Waals surface area contributed by atoms with Crippen molar-refractivity contribution in [3.05, 3.63) is 17.5 Å². The van der Waals surface area contributed by atoms with Crippen LogP contribution < -0.4 is 10.6 Å². The summed E-state index contributed by atoms with van der Waals surface area (Å²) in [5.41, 5.74) is 6.85. The Hall–Kier alpha value is -1.89. The van der Waals surface area contributed by atoms with E-state index in [1.54, 1.807) is 6.07 Å². The molecule has 0 aliphatic rings. The molecule has 1 aromatic rings. The average molecular weight is 280 g/mol. The maximum Gasteiger partial charge on any atom is 0.226 e. The Balaban J connectivity index is 3.03. The van der Waals surface area contributed by atoms with Gasteiger partial charge in [0.2, 0.25) is 5.95 Å². The molecule has 0 atom stereocenters. The van der Waals surface area contributed by atoms with E-state index in [0.717, 1.165) is 31.7 Å². The van der Waals surface area contributed by atoms with Gasteiger partial charge >= 0.3 is 0 Å². The van der Waals surface area contributed by atoms with Crippen LogP contribution in [-0.2, 0) is 0 Å². The molecule has 0 spiro atoms. The molecular formula is C13H24N6O. The van der Waals surface area contributed by atoms with Gasteiger partial charge in [0, 0.05) is 25.3 Å². The van der Waals surface area contributed by atoms with Gasteiger partial charge in [-0.1, -0.05) is 12.1 Å². The normalized spacial score (nSPS) is 11.9. The summed E-state index contributed by atoms with van der Waals surface area (Å²) >= 11 is 0. The van der Waals surface area contributed by atoms with E-state index in [4.69, 9.17) is 10.9 Å². The lowest BCUT2D eigenvalue weighted by Crippen LogP contribution is -2.34. The standard InChI is InChI=1S/C13H24N6O/c1-5-6-19(8-7-18(3)4)13-15-10(2)9-11(16-13)12(14)17-20/h9,20H,5-8H2,1-4H3,(H2,14,17). The van der Waals surface area contributed by atoms with Gasteiger partial charge in [-0.15, -0.1) is 0 Å². The molecule has 0 radical (unpaired) electrons. The fraction of sp³-hybridized carbons (Fsp3) is 0.615. The van der Waals surface area contributed by atoms with Gasteiger partial charge < -0.3 is 20.7 Å². The van der Waals surface area contributed by atoms with Crippen LogP contribution in [0.4, 0.5) is 5.95 Å². The number of amidine groups is 1. The molecule has 0 saturated heterocycles. The quantitative estimate of drug-likeness (QED) is 0.330. The molecule has 7 heteroatoms. The van der Waals surface area contributed by atoms with Crippen LogP contribution in [0, 0.1) is 6.92 Å². The van der Waals surface area contributed by atoms with E-state index in [0.29, 0.717) is 11.6 Å². The van der Waals surface area contributed by atoms with Crippen molar-refractivity contribution in [2.24, 2.45) is 10.9 Å². The van der Waals surface area contributed by atoms with Crippen LogP contribution in [-0.4, -0.2) is 59.6 Å². The summed E-state index contributed by atoms with van der Waals surface area (Å²) in [6.07, 6.45) is 1.00. The molecule has 1 aromatic heterocycles. The van der Waals surface area contributed by atoms with Gasteiger partial charge in [-0.3, -0.25) is 0 Å². The molecule has 0 aliphatic heterocycles. The van der Waals surface area contributed by atoms with E-state index in [9.17, 15) is 0 Å². The first-order valence-corrected chi connectivity index (χ1v) is 6.71. The molecule has 0 unspecified atom stereocenters. The molecule has 1 heterocycles. The number of hydrogen-bond donors (Lipinski definition) is 2.